The number of aliphatic hydroxyl groups is 1. The molecule has 2 heteroatoms. The second-order valence-electron chi connectivity index (χ2n) is 3.35. The fourth-order valence-corrected chi connectivity index (χ4v) is 2.66. The summed E-state index contributed by atoms with van der Waals surface area (Å²) in [5, 5.41) is 10.3. The zero-order chi connectivity index (χ0) is 9.97. The summed E-state index contributed by atoms with van der Waals surface area (Å²) >= 11 is 1.79. The molecule has 0 aromatic heterocycles. The second-order valence-corrected chi connectivity index (χ2v) is 4.81. The van der Waals surface area contributed by atoms with Gasteiger partial charge in [0.2, 0.25) is 0 Å². The van der Waals surface area contributed by atoms with Gasteiger partial charge < -0.3 is 5.11 Å². The lowest BCUT2D eigenvalue weighted by molar-refractivity contribution is 0.185. The Morgan fingerprint density at radius 1 is 1.36 bits per heavy atom. The third-order valence-corrected chi connectivity index (χ3v) is 3.58. The summed E-state index contributed by atoms with van der Waals surface area (Å²) < 4.78 is 0. The van der Waals surface area contributed by atoms with Gasteiger partial charge in [0.25, 0.3) is 0 Å². The molecular weight excluding hydrogens is 192 g/mol. The molecule has 2 atom stereocenters. The van der Waals surface area contributed by atoms with E-state index in [1.54, 1.807) is 11.8 Å². The van der Waals surface area contributed by atoms with Crippen LogP contribution in [0.1, 0.15) is 24.2 Å². The Bertz CT molecular complexity index is 346. The summed E-state index contributed by atoms with van der Waals surface area (Å²) in [6.45, 7) is 2.12. The lowest BCUT2D eigenvalue weighted by Gasteiger charge is -2.24. The quantitative estimate of drug-likeness (QED) is 0.803. The standard InChI is InChI=1S/C12H14OS/c1-2-14-11-8-7-9-5-3-4-6-10(9)12(11)13/h3-8,11-13H,2H2,1H3/t11-,12-/m0/s1. The van der Waals surface area contributed by atoms with E-state index >= 15 is 0 Å². The molecule has 0 saturated carbocycles. The Kier molecular flexibility index (Phi) is 2.94. The Balaban J connectivity index is 2.30. The summed E-state index contributed by atoms with van der Waals surface area (Å²) in [6, 6.07) is 8.03. The number of hydrogen-bond donors (Lipinski definition) is 1. The van der Waals surface area contributed by atoms with Crippen LogP contribution in [0.15, 0.2) is 30.3 Å². The van der Waals surface area contributed by atoms with Crippen LogP contribution in [-0.2, 0) is 0 Å². The van der Waals surface area contributed by atoms with Crippen LogP contribution < -0.4 is 0 Å². The van der Waals surface area contributed by atoms with Crippen LogP contribution in [-0.4, -0.2) is 16.1 Å². The Morgan fingerprint density at radius 2 is 2.14 bits per heavy atom. The third kappa shape index (κ3) is 1.72. The van der Waals surface area contributed by atoms with Crippen molar-refractivity contribution in [1.82, 2.24) is 0 Å². The molecule has 1 aromatic rings. The van der Waals surface area contributed by atoms with Gasteiger partial charge >= 0.3 is 0 Å². The van der Waals surface area contributed by atoms with Crippen LogP contribution in [0.3, 0.4) is 0 Å². The highest BCUT2D eigenvalue weighted by molar-refractivity contribution is 8.00. The van der Waals surface area contributed by atoms with E-state index < -0.39 is 0 Å². The normalized spacial score (nSPS) is 24.7. The highest BCUT2D eigenvalue weighted by Crippen LogP contribution is 2.34. The fraction of sp³-hybridized carbons (Fsp3) is 0.333. The molecule has 0 unspecified atom stereocenters. The SMILES string of the molecule is CCS[C@H]1C=Cc2ccccc2[C@@H]1O. The van der Waals surface area contributed by atoms with Crippen molar-refractivity contribution >= 4 is 17.8 Å². The van der Waals surface area contributed by atoms with Crippen LogP contribution >= 0.6 is 11.8 Å². The van der Waals surface area contributed by atoms with Gasteiger partial charge in [-0.1, -0.05) is 43.3 Å². The van der Waals surface area contributed by atoms with Crippen molar-refractivity contribution in [1.29, 1.82) is 0 Å². The fourth-order valence-electron chi connectivity index (χ4n) is 1.75. The molecule has 0 saturated heterocycles. The molecule has 0 heterocycles. The van der Waals surface area contributed by atoms with E-state index in [-0.39, 0.29) is 11.4 Å². The molecule has 74 valence electrons. The summed E-state index contributed by atoms with van der Waals surface area (Å²) in [7, 11) is 0. The third-order valence-electron chi connectivity index (χ3n) is 2.45. The van der Waals surface area contributed by atoms with Crippen LogP contribution in [0, 0.1) is 0 Å². The number of thioether (sulfide) groups is 1. The van der Waals surface area contributed by atoms with Crippen LogP contribution in [0.5, 0.6) is 0 Å². The maximum absolute atomic E-state index is 10.1. The van der Waals surface area contributed by atoms with Gasteiger partial charge in [0.05, 0.1) is 11.4 Å². The molecule has 1 aliphatic rings. The van der Waals surface area contributed by atoms with E-state index in [2.05, 4.69) is 19.1 Å². The lowest BCUT2D eigenvalue weighted by atomic mass is 9.95. The van der Waals surface area contributed by atoms with Crippen molar-refractivity contribution in [2.75, 3.05) is 5.75 Å². The van der Waals surface area contributed by atoms with Gasteiger partial charge in [0.15, 0.2) is 0 Å². The van der Waals surface area contributed by atoms with Crippen molar-refractivity contribution < 1.29 is 5.11 Å². The topological polar surface area (TPSA) is 20.2 Å². The zero-order valence-electron chi connectivity index (χ0n) is 8.18. The minimum absolute atomic E-state index is 0.217. The van der Waals surface area contributed by atoms with Crippen LogP contribution in [0.25, 0.3) is 6.08 Å². The summed E-state index contributed by atoms with van der Waals surface area (Å²) in [6.07, 6.45) is 3.86. The molecule has 14 heavy (non-hydrogen) atoms. The van der Waals surface area contributed by atoms with E-state index in [4.69, 9.17) is 0 Å². The molecule has 1 N–H and O–H groups in total. The first-order valence-corrected chi connectivity index (χ1v) is 5.94. The van der Waals surface area contributed by atoms with Gasteiger partial charge in [-0.2, -0.15) is 11.8 Å². The maximum atomic E-state index is 10.1. The van der Waals surface area contributed by atoms with E-state index in [0.717, 1.165) is 16.9 Å². The van der Waals surface area contributed by atoms with Crippen molar-refractivity contribution in [3.63, 3.8) is 0 Å². The smallest absolute Gasteiger partial charge is 0.0949 e. The van der Waals surface area contributed by atoms with Crippen LogP contribution in [0.4, 0.5) is 0 Å². The number of rotatable bonds is 2. The predicted molar refractivity (Wildman–Crippen MR) is 62.4 cm³/mol. The molecule has 1 aromatic carbocycles. The zero-order valence-corrected chi connectivity index (χ0v) is 9.00. The van der Waals surface area contributed by atoms with Gasteiger partial charge in [-0.15, -0.1) is 0 Å². The van der Waals surface area contributed by atoms with Gasteiger partial charge in [0, 0.05) is 0 Å². The molecular formula is C12H14OS. The van der Waals surface area contributed by atoms with Gasteiger partial charge in [0.1, 0.15) is 0 Å². The number of benzene rings is 1. The Labute approximate surface area is 88.8 Å². The number of aliphatic hydroxyl groups excluding tert-OH is 1. The summed E-state index contributed by atoms with van der Waals surface area (Å²) in [4.78, 5) is 0. The Hall–Kier alpha value is -0.730. The first kappa shape index (κ1) is 9.81. The van der Waals surface area contributed by atoms with E-state index in [0.29, 0.717) is 0 Å². The highest BCUT2D eigenvalue weighted by Gasteiger charge is 2.23. The van der Waals surface area contributed by atoms with Gasteiger partial charge in [-0.3, -0.25) is 0 Å². The van der Waals surface area contributed by atoms with Crippen molar-refractivity contribution in [2.24, 2.45) is 0 Å². The van der Waals surface area contributed by atoms with Crippen molar-refractivity contribution in [2.45, 2.75) is 18.3 Å². The minimum Gasteiger partial charge on any atom is -0.387 e. The van der Waals surface area contributed by atoms with E-state index in [9.17, 15) is 5.11 Å². The molecule has 1 aliphatic carbocycles. The summed E-state index contributed by atoms with van der Waals surface area (Å²) in [5.41, 5.74) is 2.20. The average molecular weight is 206 g/mol. The lowest BCUT2D eigenvalue weighted by Crippen LogP contribution is -2.17. The van der Waals surface area contributed by atoms with Crippen molar-refractivity contribution in [3.8, 4) is 0 Å². The molecule has 0 aliphatic heterocycles. The molecule has 0 spiro atoms. The molecule has 0 radical (unpaired) electrons. The molecule has 0 fully saturated rings. The first-order chi connectivity index (χ1) is 6.83. The Morgan fingerprint density at radius 3 is 2.93 bits per heavy atom. The van der Waals surface area contributed by atoms with Crippen LogP contribution in [0.2, 0.25) is 0 Å². The highest BCUT2D eigenvalue weighted by atomic mass is 32.2. The first-order valence-electron chi connectivity index (χ1n) is 4.89. The monoisotopic (exact) mass is 206 g/mol. The summed E-state index contributed by atoms with van der Waals surface area (Å²) in [5.74, 6) is 1.04. The average Bonchev–Trinajstić information content (AvgIpc) is 2.23. The largest absolute Gasteiger partial charge is 0.387 e. The maximum Gasteiger partial charge on any atom is 0.0949 e. The van der Waals surface area contributed by atoms with Crippen molar-refractivity contribution in [3.05, 3.63) is 41.5 Å². The van der Waals surface area contributed by atoms with E-state index in [1.807, 2.05) is 24.3 Å². The minimum atomic E-state index is -0.346. The molecule has 0 bridgehead atoms. The van der Waals surface area contributed by atoms with Gasteiger partial charge in [-0.05, 0) is 16.9 Å². The molecule has 2 rings (SSSR count). The van der Waals surface area contributed by atoms with Gasteiger partial charge in [-0.25, -0.2) is 0 Å². The number of fused-ring (bicyclic) bond motifs is 1. The molecule has 1 nitrogen and oxygen atoms in total. The van der Waals surface area contributed by atoms with E-state index in [1.165, 1.54) is 0 Å². The number of hydrogen-bond acceptors (Lipinski definition) is 2. The molecule has 0 amide bonds. The second kappa shape index (κ2) is 4.20. The predicted octanol–water partition coefficient (Wildman–Crippen LogP) is 2.87.